The van der Waals surface area contributed by atoms with Crippen LogP contribution in [0.2, 0.25) is 18.1 Å². The fourth-order valence-corrected chi connectivity index (χ4v) is 9.95. The topological polar surface area (TPSA) is 96.1 Å². The largest absolute Gasteiger partial charge is 0.487 e. The number of hydrogen-bond acceptors (Lipinski definition) is 7. The number of H-pyrrole nitrogens is 1. The highest BCUT2D eigenvalue weighted by Crippen LogP contribution is 2.42. The van der Waals surface area contributed by atoms with Gasteiger partial charge in [-0.2, -0.15) is 0 Å². The molecule has 9 nitrogen and oxygen atoms in total. The van der Waals surface area contributed by atoms with E-state index in [2.05, 4.69) is 106 Å². The minimum absolute atomic E-state index is 0.000523. The molecule has 0 aliphatic carbocycles. The summed E-state index contributed by atoms with van der Waals surface area (Å²) in [6.07, 6.45) is 8.39. The molecule has 2 heterocycles. The number of nitrogens with zero attached hydrogens (tertiary/aromatic N) is 2. The Morgan fingerprint density at radius 3 is 2.18 bits per heavy atom. The molecule has 1 saturated heterocycles. The van der Waals surface area contributed by atoms with Crippen LogP contribution in [0.1, 0.15) is 101 Å². The molecule has 1 atom stereocenters. The number of hydrogen-bond donors (Lipinski definition) is 2. The van der Waals surface area contributed by atoms with Gasteiger partial charge in [0.05, 0.1) is 17.3 Å². The predicted octanol–water partition coefficient (Wildman–Crippen LogP) is 13.2. The second kappa shape index (κ2) is 23.9. The van der Waals surface area contributed by atoms with Crippen LogP contribution in [0, 0.1) is 11.6 Å². The van der Waals surface area contributed by atoms with E-state index >= 15 is 0 Å². The zero-order valence-corrected chi connectivity index (χ0v) is 41.4. The molecule has 1 unspecified atom stereocenters. The number of anilines is 1. The van der Waals surface area contributed by atoms with Crippen LogP contribution in [0.3, 0.4) is 0 Å². The zero-order valence-electron chi connectivity index (χ0n) is 38.8. The average molecular weight is 974 g/mol. The summed E-state index contributed by atoms with van der Waals surface area (Å²) in [4.78, 5) is 33.3. The van der Waals surface area contributed by atoms with Crippen molar-refractivity contribution in [1.29, 1.82) is 0 Å². The summed E-state index contributed by atoms with van der Waals surface area (Å²) >= 11 is 3.10. The minimum Gasteiger partial charge on any atom is -0.487 e. The Balaban J connectivity index is 1.00. The Bertz CT molecular complexity index is 2310. The van der Waals surface area contributed by atoms with Crippen molar-refractivity contribution in [2.24, 2.45) is 0 Å². The minimum atomic E-state index is -2.25. The van der Waals surface area contributed by atoms with E-state index < -0.39 is 26.0 Å². The number of aromatic nitrogens is 1. The zero-order chi connectivity index (χ0) is 46.4. The first-order valence-electron chi connectivity index (χ1n) is 23.3. The number of fused-ring (bicyclic) bond motifs is 1. The highest BCUT2D eigenvalue weighted by Gasteiger charge is 2.40. The van der Waals surface area contributed by atoms with Crippen molar-refractivity contribution in [2.75, 3.05) is 38.0 Å². The highest BCUT2D eigenvalue weighted by molar-refractivity contribution is 9.10. The maximum atomic E-state index is 14.1. The number of unbranched alkanes of at least 4 members (excludes halogenated alkanes) is 6. The molecule has 0 spiro atoms. The van der Waals surface area contributed by atoms with Crippen LogP contribution >= 0.6 is 15.9 Å². The second-order valence-electron chi connectivity index (χ2n) is 18.9. The molecule has 13 heteroatoms. The standard InChI is InChI=1S/C52H67BrF2N4O5Si/c1-52(2,3)65(4,5)64-47(42-23-25-46(49-43(42)24-26-48(60)56-49)62-37-39-21-15-12-16-22-39)36-59(35-38-19-13-11-14-20-38)30-18-10-8-6-7-9-17-29-58-31-27-41(28-32-58)63-51(61)57-50-44(53)33-40(54)34-45(50)55/h11-16,19-26,33-34,41,47H,6-10,17-18,27-32,35-37H2,1-5H3,(H,56,60)(H,57,61). The van der Waals surface area contributed by atoms with Crippen molar-refractivity contribution in [2.45, 2.75) is 122 Å². The van der Waals surface area contributed by atoms with Gasteiger partial charge in [-0.15, -0.1) is 0 Å². The van der Waals surface area contributed by atoms with E-state index in [1.807, 2.05) is 42.5 Å². The summed E-state index contributed by atoms with van der Waals surface area (Å²) in [6.45, 7) is 17.0. The number of carbonyl (C=O) groups excluding carboxylic acids is 1. The van der Waals surface area contributed by atoms with E-state index in [9.17, 15) is 18.4 Å². The third-order valence-electron chi connectivity index (χ3n) is 12.9. The van der Waals surface area contributed by atoms with Crippen LogP contribution in [0.25, 0.3) is 10.9 Å². The van der Waals surface area contributed by atoms with E-state index in [4.69, 9.17) is 13.9 Å². The fourth-order valence-electron chi connectivity index (χ4n) is 8.18. The first-order valence-corrected chi connectivity index (χ1v) is 27.0. The Labute approximate surface area is 393 Å². The lowest BCUT2D eigenvalue weighted by molar-refractivity contribution is 0.0584. The molecule has 1 aromatic heterocycles. The molecular formula is C52H67BrF2N4O5Si. The van der Waals surface area contributed by atoms with Gasteiger partial charge in [-0.3, -0.25) is 15.0 Å². The molecule has 65 heavy (non-hydrogen) atoms. The number of benzene rings is 4. The predicted molar refractivity (Wildman–Crippen MR) is 264 cm³/mol. The third kappa shape index (κ3) is 15.1. The quantitative estimate of drug-likeness (QED) is 0.0527. The van der Waals surface area contributed by atoms with Crippen LogP contribution in [0.15, 0.2) is 106 Å². The lowest BCUT2D eigenvalue weighted by Gasteiger charge is -2.41. The Morgan fingerprint density at radius 1 is 0.877 bits per heavy atom. The highest BCUT2D eigenvalue weighted by atomic mass is 79.9. The van der Waals surface area contributed by atoms with E-state index in [1.165, 1.54) is 31.2 Å². The number of rotatable bonds is 22. The van der Waals surface area contributed by atoms with Crippen LogP contribution in [-0.4, -0.2) is 68.0 Å². The van der Waals surface area contributed by atoms with Crippen molar-refractivity contribution in [3.63, 3.8) is 0 Å². The van der Waals surface area contributed by atoms with E-state index in [0.717, 1.165) is 93.5 Å². The van der Waals surface area contributed by atoms with E-state index in [-0.39, 0.29) is 33.0 Å². The number of nitrogens with one attached hydrogen (secondary N) is 2. The molecule has 350 valence electrons. The van der Waals surface area contributed by atoms with Gasteiger partial charge in [-0.05, 0) is 108 Å². The number of pyridine rings is 1. The molecule has 1 aliphatic rings. The summed E-state index contributed by atoms with van der Waals surface area (Å²) in [5.41, 5.74) is 3.78. The summed E-state index contributed by atoms with van der Waals surface area (Å²) < 4.78 is 46.9. The van der Waals surface area contributed by atoms with Crippen molar-refractivity contribution in [3.8, 4) is 5.75 Å². The van der Waals surface area contributed by atoms with Crippen LogP contribution in [0.4, 0.5) is 19.3 Å². The molecule has 6 rings (SSSR count). The van der Waals surface area contributed by atoms with Gasteiger partial charge in [-0.25, -0.2) is 13.6 Å². The maximum Gasteiger partial charge on any atom is 0.412 e. The number of piperidine rings is 1. The number of likely N-dealkylation sites (tertiary alicyclic amines) is 1. The lowest BCUT2D eigenvalue weighted by atomic mass is 10.0. The van der Waals surface area contributed by atoms with Crippen molar-refractivity contribution in [1.82, 2.24) is 14.8 Å². The van der Waals surface area contributed by atoms with Crippen LogP contribution in [-0.2, 0) is 22.3 Å². The summed E-state index contributed by atoms with van der Waals surface area (Å²) in [5, 5.41) is 3.34. The van der Waals surface area contributed by atoms with Crippen molar-refractivity contribution in [3.05, 3.63) is 140 Å². The number of amides is 1. The summed E-state index contributed by atoms with van der Waals surface area (Å²) in [7, 11) is -2.25. The van der Waals surface area contributed by atoms with Gasteiger partial charge in [0, 0.05) is 48.2 Å². The normalized spacial score (nSPS) is 14.5. The van der Waals surface area contributed by atoms with Crippen LogP contribution in [0.5, 0.6) is 5.75 Å². The molecule has 0 radical (unpaired) electrons. The Kier molecular flexibility index (Phi) is 18.4. The fraction of sp³-hybridized carbons (Fsp3) is 0.462. The Hall–Kier alpha value is -4.40. The van der Waals surface area contributed by atoms with Gasteiger partial charge < -0.3 is 23.8 Å². The van der Waals surface area contributed by atoms with E-state index in [0.29, 0.717) is 24.4 Å². The number of ether oxygens (including phenoxy) is 2. The second-order valence-corrected chi connectivity index (χ2v) is 24.5. The van der Waals surface area contributed by atoms with Crippen molar-refractivity contribution < 1.29 is 27.5 Å². The molecule has 2 N–H and O–H groups in total. The van der Waals surface area contributed by atoms with Crippen LogP contribution < -0.4 is 15.6 Å². The first kappa shape index (κ1) is 50.0. The molecule has 1 aliphatic heterocycles. The molecule has 5 aromatic rings. The van der Waals surface area contributed by atoms with Gasteiger partial charge >= 0.3 is 6.09 Å². The van der Waals surface area contributed by atoms with Gasteiger partial charge in [0.2, 0.25) is 5.56 Å². The molecule has 0 saturated carbocycles. The SMILES string of the molecule is CC(C)(C)[Si](C)(C)OC(CN(CCCCCCCCCN1CCC(OC(=O)Nc2c(F)cc(F)cc2Br)CC1)Cc1ccccc1)c1ccc(OCc2ccccc2)c2[nH]c(=O)ccc12. The molecular weight excluding hydrogens is 907 g/mol. The molecule has 0 bridgehead atoms. The van der Waals surface area contributed by atoms with Gasteiger partial charge in [-0.1, -0.05) is 120 Å². The molecule has 1 fully saturated rings. The maximum absolute atomic E-state index is 14.1. The Morgan fingerprint density at radius 2 is 1.52 bits per heavy atom. The monoisotopic (exact) mass is 972 g/mol. The van der Waals surface area contributed by atoms with Crippen molar-refractivity contribution >= 4 is 46.9 Å². The van der Waals surface area contributed by atoms with E-state index in [1.54, 1.807) is 6.07 Å². The molecule has 4 aromatic carbocycles. The first-order chi connectivity index (χ1) is 31.1. The van der Waals surface area contributed by atoms with Gasteiger partial charge in [0.1, 0.15) is 24.3 Å². The average Bonchev–Trinajstić information content (AvgIpc) is 3.26. The lowest BCUT2D eigenvalue weighted by Crippen LogP contribution is -2.44. The number of halogens is 3. The van der Waals surface area contributed by atoms with Gasteiger partial charge in [0.25, 0.3) is 0 Å². The third-order valence-corrected chi connectivity index (χ3v) is 18.0. The summed E-state index contributed by atoms with van der Waals surface area (Å²) in [5.74, 6) is -0.945. The number of aromatic amines is 1. The van der Waals surface area contributed by atoms with Gasteiger partial charge in [0.15, 0.2) is 14.1 Å². The molecule has 1 amide bonds. The smallest absolute Gasteiger partial charge is 0.412 e. The number of carbonyl (C=O) groups is 1. The summed E-state index contributed by atoms with van der Waals surface area (Å²) in [6, 6.07) is 30.2.